The smallest absolute Gasteiger partial charge is 0.130 e. The minimum atomic E-state index is 0.124. The lowest BCUT2D eigenvalue weighted by Gasteiger charge is -2.20. The summed E-state index contributed by atoms with van der Waals surface area (Å²) in [7, 11) is 0. The van der Waals surface area contributed by atoms with Gasteiger partial charge in [-0.05, 0) is 40.2 Å². The van der Waals surface area contributed by atoms with Gasteiger partial charge in [-0.3, -0.25) is 0 Å². The molecule has 0 saturated heterocycles. The van der Waals surface area contributed by atoms with Crippen LogP contribution in [0.15, 0.2) is 10.5 Å². The summed E-state index contributed by atoms with van der Waals surface area (Å²) in [6, 6.07) is 2.12. The fourth-order valence-electron chi connectivity index (χ4n) is 2.18. The van der Waals surface area contributed by atoms with Crippen LogP contribution in [-0.2, 0) is 17.9 Å². The van der Waals surface area contributed by atoms with Crippen molar-refractivity contribution in [2.75, 3.05) is 6.61 Å². The fourth-order valence-corrected chi connectivity index (χ4v) is 2.18. The molecule has 1 aromatic heterocycles. The largest absolute Gasteiger partial charge is 0.464 e. The molecule has 21 heavy (non-hydrogen) atoms. The Balaban J connectivity index is 2.24. The van der Waals surface area contributed by atoms with Crippen LogP contribution in [0.3, 0.4) is 0 Å². The van der Waals surface area contributed by atoms with Crippen LogP contribution in [0.25, 0.3) is 0 Å². The van der Waals surface area contributed by atoms with E-state index in [2.05, 4.69) is 39.1 Å². The molecule has 0 amide bonds. The van der Waals surface area contributed by atoms with Gasteiger partial charge in [-0.25, -0.2) is 0 Å². The summed E-state index contributed by atoms with van der Waals surface area (Å²) >= 11 is 0. The molecule has 1 aromatic rings. The third kappa shape index (κ3) is 8.27. The van der Waals surface area contributed by atoms with E-state index in [-0.39, 0.29) is 5.54 Å². The minimum absolute atomic E-state index is 0.124. The van der Waals surface area contributed by atoms with E-state index >= 15 is 0 Å². The number of ether oxygens (including phenoxy) is 1. The molecular weight excluding hydrogens is 262 g/mol. The maximum absolute atomic E-state index is 5.76. The van der Waals surface area contributed by atoms with E-state index in [1.807, 2.05) is 6.92 Å². The van der Waals surface area contributed by atoms with Gasteiger partial charge in [0.1, 0.15) is 18.1 Å². The Morgan fingerprint density at radius 2 is 1.86 bits per heavy atom. The number of hydrogen-bond donors (Lipinski definition) is 1. The SMILES string of the molecule is CCCCCCCOCc1cc(CNC(C)(C)C)c(C)o1. The van der Waals surface area contributed by atoms with Gasteiger partial charge in [0, 0.05) is 24.3 Å². The summed E-state index contributed by atoms with van der Waals surface area (Å²) in [6.45, 7) is 13.0. The lowest BCUT2D eigenvalue weighted by Crippen LogP contribution is -2.35. The van der Waals surface area contributed by atoms with E-state index in [0.717, 1.165) is 31.1 Å². The number of unbranched alkanes of at least 4 members (excludes halogenated alkanes) is 4. The van der Waals surface area contributed by atoms with Crippen molar-refractivity contribution in [1.82, 2.24) is 5.32 Å². The molecule has 0 spiro atoms. The molecule has 1 rings (SSSR count). The number of aryl methyl sites for hydroxylation is 1. The second-order valence-corrected chi connectivity index (χ2v) is 6.86. The molecule has 0 aromatic carbocycles. The molecule has 3 nitrogen and oxygen atoms in total. The van der Waals surface area contributed by atoms with E-state index in [4.69, 9.17) is 9.15 Å². The highest BCUT2D eigenvalue weighted by Gasteiger charge is 2.12. The van der Waals surface area contributed by atoms with Crippen molar-refractivity contribution in [3.8, 4) is 0 Å². The molecule has 1 N–H and O–H groups in total. The molecule has 0 saturated carbocycles. The second-order valence-electron chi connectivity index (χ2n) is 6.86. The number of rotatable bonds is 10. The lowest BCUT2D eigenvalue weighted by atomic mass is 10.1. The maximum atomic E-state index is 5.76. The van der Waals surface area contributed by atoms with E-state index < -0.39 is 0 Å². The van der Waals surface area contributed by atoms with Crippen molar-refractivity contribution in [2.24, 2.45) is 0 Å². The molecule has 0 aliphatic heterocycles. The highest BCUT2D eigenvalue weighted by atomic mass is 16.5. The highest BCUT2D eigenvalue weighted by Crippen LogP contribution is 2.16. The van der Waals surface area contributed by atoms with Crippen LogP contribution in [0.2, 0.25) is 0 Å². The first-order valence-corrected chi connectivity index (χ1v) is 8.33. The maximum Gasteiger partial charge on any atom is 0.130 e. The van der Waals surface area contributed by atoms with Crippen LogP contribution in [0.5, 0.6) is 0 Å². The Kier molecular flexibility index (Phi) is 8.05. The summed E-state index contributed by atoms with van der Waals surface area (Å²) in [5.41, 5.74) is 1.35. The average Bonchev–Trinajstić information content (AvgIpc) is 2.75. The Morgan fingerprint density at radius 3 is 2.52 bits per heavy atom. The monoisotopic (exact) mass is 295 g/mol. The van der Waals surface area contributed by atoms with Crippen molar-refractivity contribution in [3.63, 3.8) is 0 Å². The Labute approximate surface area is 130 Å². The van der Waals surface area contributed by atoms with Crippen molar-refractivity contribution in [2.45, 2.75) is 85.4 Å². The van der Waals surface area contributed by atoms with E-state index in [9.17, 15) is 0 Å². The quantitative estimate of drug-likeness (QED) is 0.619. The Hall–Kier alpha value is -0.800. The molecule has 0 aliphatic rings. The first kappa shape index (κ1) is 18.2. The van der Waals surface area contributed by atoms with E-state index in [1.165, 1.54) is 31.2 Å². The summed E-state index contributed by atoms with van der Waals surface area (Å²) in [5, 5.41) is 3.49. The standard InChI is InChI=1S/C18H33NO2/c1-6-7-8-9-10-11-20-14-17-12-16(15(2)21-17)13-19-18(3,4)5/h12,19H,6-11,13-14H2,1-5H3. The predicted molar refractivity (Wildman–Crippen MR) is 88.5 cm³/mol. The van der Waals surface area contributed by atoms with Crippen molar-refractivity contribution in [1.29, 1.82) is 0 Å². The van der Waals surface area contributed by atoms with Gasteiger partial charge in [0.25, 0.3) is 0 Å². The zero-order valence-electron chi connectivity index (χ0n) is 14.6. The summed E-state index contributed by atoms with van der Waals surface area (Å²) in [6.07, 6.45) is 6.37. The lowest BCUT2D eigenvalue weighted by molar-refractivity contribution is 0.102. The minimum Gasteiger partial charge on any atom is -0.464 e. The first-order valence-electron chi connectivity index (χ1n) is 8.33. The van der Waals surface area contributed by atoms with Crippen molar-refractivity contribution < 1.29 is 9.15 Å². The Bertz CT molecular complexity index is 390. The van der Waals surface area contributed by atoms with Gasteiger partial charge >= 0.3 is 0 Å². The number of furan rings is 1. The molecule has 0 unspecified atom stereocenters. The number of hydrogen-bond acceptors (Lipinski definition) is 3. The molecule has 3 heteroatoms. The fraction of sp³-hybridized carbons (Fsp3) is 0.778. The van der Waals surface area contributed by atoms with Crippen LogP contribution in [0, 0.1) is 6.92 Å². The zero-order chi connectivity index (χ0) is 15.7. The molecular formula is C18H33NO2. The Morgan fingerprint density at radius 1 is 1.14 bits per heavy atom. The van der Waals surface area contributed by atoms with Gasteiger partial charge in [0.05, 0.1) is 0 Å². The van der Waals surface area contributed by atoms with Gasteiger partial charge in [-0.1, -0.05) is 32.6 Å². The van der Waals surface area contributed by atoms with Crippen LogP contribution in [0.1, 0.15) is 76.9 Å². The molecule has 0 aliphatic carbocycles. The van der Waals surface area contributed by atoms with Crippen LogP contribution >= 0.6 is 0 Å². The van der Waals surface area contributed by atoms with Crippen LogP contribution in [0.4, 0.5) is 0 Å². The van der Waals surface area contributed by atoms with Crippen LogP contribution < -0.4 is 5.32 Å². The third-order valence-electron chi connectivity index (χ3n) is 3.52. The van der Waals surface area contributed by atoms with Gasteiger partial charge in [0.2, 0.25) is 0 Å². The summed E-state index contributed by atoms with van der Waals surface area (Å²) in [4.78, 5) is 0. The summed E-state index contributed by atoms with van der Waals surface area (Å²) < 4.78 is 11.5. The summed E-state index contributed by atoms with van der Waals surface area (Å²) in [5.74, 6) is 1.93. The topological polar surface area (TPSA) is 34.4 Å². The molecule has 0 radical (unpaired) electrons. The normalized spacial score (nSPS) is 12.0. The van der Waals surface area contributed by atoms with Gasteiger partial charge in [-0.15, -0.1) is 0 Å². The first-order chi connectivity index (χ1) is 9.92. The van der Waals surface area contributed by atoms with Crippen LogP contribution in [-0.4, -0.2) is 12.1 Å². The van der Waals surface area contributed by atoms with Gasteiger partial charge in [-0.2, -0.15) is 0 Å². The van der Waals surface area contributed by atoms with E-state index in [0.29, 0.717) is 6.61 Å². The average molecular weight is 295 g/mol. The third-order valence-corrected chi connectivity index (χ3v) is 3.52. The van der Waals surface area contributed by atoms with Gasteiger partial charge in [0.15, 0.2) is 0 Å². The zero-order valence-corrected chi connectivity index (χ0v) is 14.6. The molecule has 0 atom stereocenters. The highest BCUT2D eigenvalue weighted by molar-refractivity contribution is 5.20. The van der Waals surface area contributed by atoms with Crippen molar-refractivity contribution >= 4 is 0 Å². The molecule has 0 fully saturated rings. The number of nitrogens with one attached hydrogen (secondary N) is 1. The predicted octanol–water partition coefficient (Wildman–Crippen LogP) is 4.96. The van der Waals surface area contributed by atoms with Crippen molar-refractivity contribution in [3.05, 3.63) is 23.2 Å². The van der Waals surface area contributed by atoms with Gasteiger partial charge < -0.3 is 14.5 Å². The molecule has 1 heterocycles. The second kappa shape index (κ2) is 9.26. The molecule has 122 valence electrons. The molecule has 0 bridgehead atoms. The van der Waals surface area contributed by atoms with E-state index in [1.54, 1.807) is 0 Å².